The Morgan fingerprint density at radius 1 is 0.446 bits per heavy atom. The summed E-state index contributed by atoms with van der Waals surface area (Å²) in [6.07, 6.45) is 1.01. The molecule has 0 radical (unpaired) electrons. The molecule has 1 saturated heterocycles. The van der Waals surface area contributed by atoms with E-state index in [9.17, 15) is 4.79 Å². The van der Waals surface area contributed by atoms with E-state index in [0.717, 1.165) is 8.95 Å². The summed E-state index contributed by atoms with van der Waals surface area (Å²) < 4.78 is 2.14. The van der Waals surface area contributed by atoms with Gasteiger partial charge in [-0.1, -0.05) is 223 Å². The maximum atomic E-state index is 14.5. The van der Waals surface area contributed by atoms with Crippen LogP contribution in [0.25, 0.3) is 44.5 Å². The molecule has 1 nitrogen and oxygen atoms in total. The van der Waals surface area contributed by atoms with E-state index >= 15 is 0 Å². The minimum atomic E-state index is -1.11. The zero-order chi connectivity index (χ0) is 46.3. The summed E-state index contributed by atoms with van der Waals surface area (Å²) in [5, 5.41) is 1.41. The summed E-state index contributed by atoms with van der Waals surface area (Å²) in [7, 11) is -1.11. The third-order valence-electron chi connectivity index (χ3n) is 13.7. The Labute approximate surface area is 407 Å². The van der Waals surface area contributed by atoms with Crippen molar-refractivity contribution in [3.05, 3.63) is 193 Å². The molecule has 0 N–H and O–H groups in total. The summed E-state index contributed by atoms with van der Waals surface area (Å²) in [5.74, 6) is 1.35. The van der Waals surface area contributed by atoms with Crippen LogP contribution in [0.4, 0.5) is 0 Å². The Balaban J connectivity index is 1.57. The van der Waals surface area contributed by atoms with Gasteiger partial charge in [-0.2, -0.15) is 0 Å². The Kier molecular flexibility index (Phi) is 14.4. The maximum absolute atomic E-state index is 14.5. The maximum Gasteiger partial charge on any atom is 0.134 e. The van der Waals surface area contributed by atoms with Crippen molar-refractivity contribution < 1.29 is 4.79 Å². The SMILES string of the molecule is Cc1ccccc1-c1cc(C(C)C)c(-c2cccc(-c3c(C(C)C)cc(-c4ccccc4C)cc3C(C)C)c2P2C(c3ccccc3Br)CC(=O)CC2c2ccccc2Br)c(C(C)C)c1. The van der Waals surface area contributed by atoms with E-state index in [-0.39, 0.29) is 35.0 Å². The van der Waals surface area contributed by atoms with Crippen LogP contribution in [-0.2, 0) is 4.79 Å². The van der Waals surface area contributed by atoms with Crippen molar-refractivity contribution in [1.29, 1.82) is 0 Å². The van der Waals surface area contributed by atoms with Crippen LogP contribution in [0.5, 0.6) is 0 Å². The second kappa shape index (κ2) is 19.8. The highest BCUT2D eigenvalue weighted by atomic mass is 79.9. The third kappa shape index (κ3) is 9.33. The molecule has 1 aliphatic rings. The van der Waals surface area contributed by atoms with Crippen molar-refractivity contribution >= 4 is 50.9 Å². The number of benzene rings is 7. The van der Waals surface area contributed by atoms with Gasteiger partial charge in [-0.3, -0.25) is 4.79 Å². The molecule has 65 heavy (non-hydrogen) atoms. The van der Waals surface area contributed by atoms with Crippen molar-refractivity contribution in [1.82, 2.24) is 0 Å². The van der Waals surface area contributed by atoms with E-state index in [0.29, 0.717) is 18.6 Å². The molecule has 0 spiro atoms. The zero-order valence-electron chi connectivity index (χ0n) is 39.8. The molecule has 1 fully saturated rings. The summed E-state index contributed by atoms with van der Waals surface area (Å²) in [6.45, 7) is 23.4. The Bertz CT molecular complexity index is 2640. The fourth-order valence-corrected chi connectivity index (χ4v) is 15.7. The number of Topliss-reactive ketones (excluding diaryl/α,β-unsaturated/α-hetero) is 1. The molecule has 4 heteroatoms. The van der Waals surface area contributed by atoms with Crippen LogP contribution in [0.2, 0.25) is 0 Å². The van der Waals surface area contributed by atoms with Gasteiger partial charge in [0.25, 0.3) is 0 Å². The quantitative estimate of drug-likeness (QED) is 0.118. The van der Waals surface area contributed by atoms with Crippen LogP contribution in [-0.4, -0.2) is 5.78 Å². The fraction of sp³-hybridized carbons (Fsp3) is 0.295. The van der Waals surface area contributed by atoms with E-state index in [1.54, 1.807) is 0 Å². The lowest BCUT2D eigenvalue weighted by Crippen LogP contribution is -2.27. The molecule has 7 aromatic rings. The van der Waals surface area contributed by atoms with Crippen LogP contribution >= 0.6 is 39.8 Å². The molecule has 2 atom stereocenters. The van der Waals surface area contributed by atoms with Crippen molar-refractivity contribution in [2.75, 3.05) is 0 Å². The molecule has 8 rings (SSSR count). The molecule has 1 heterocycles. The van der Waals surface area contributed by atoms with Crippen LogP contribution in [0, 0.1) is 13.8 Å². The first kappa shape index (κ1) is 47.1. The minimum absolute atomic E-state index is 0.0219. The molecular weight excluding hydrogens is 939 g/mol. The van der Waals surface area contributed by atoms with Gasteiger partial charge in [0.05, 0.1) is 0 Å². The molecule has 332 valence electrons. The highest BCUT2D eigenvalue weighted by Gasteiger charge is 2.43. The van der Waals surface area contributed by atoms with E-state index in [2.05, 4.69) is 241 Å². The predicted octanol–water partition coefficient (Wildman–Crippen LogP) is 18.9. The Hall–Kier alpha value is -4.40. The van der Waals surface area contributed by atoms with Crippen LogP contribution in [0.15, 0.2) is 148 Å². The van der Waals surface area contributed by atoms with E-state index in [4.69, 9.17) is 0 Å². The van der Waals surface area contributed by atoms with Crippen molar-refractivity contribution in [2.24, 2.45) is 0 Å². The smallest absolute Gasteiger partial charge is 0.134 e. The summed E-state index contributed by atoms with van der Waals surface area (Å²) in [5.41, 5.74) is 20.9. The Morgan fingerprint density at radius 2 is 0.769 bits per heavy atom. The predicted molar refractivity (Wildman–Crippen MR) is 289 cm³/mol. The summed E-state index contributed by atoms with van der Waals surface area (Å²) >= 11 is 8.11. The number of hydrogen-bond donors (Lipinski definition) is 0. The largest absolute Gasteiger partial charge is 0.300 e. The summed E-state index contributed by atoms with van der Waals surface area (Å²) in [6, 6.07) is 52.2. The Morgan fingerprint density at radius 3 is 1.11 bits per heavy atom. The first-order chi connectivity index (χ1) is 31.2. The zero-order valence-corrected chi connectivity index (χ0v) is 43.8. The molecule has 0 saturated carbocycles. The number of hydrogen-bond acceptors (Lipinski definition) is 1. The molecule has 2 unspecified atom stereocenters. The van der Waals surface area contributed by atoms with Crippen molar-refractivity contribution in [2.45, 2.75) is 117 Å². The van der Waals surface area contributed by atoms with Gasteiger partial charge < -0.3 is 0 Å². The minimum Gasteiger partial charge on any atom is -0.300 e. The topological polar surface area (TPSA) is 17.1 Å². The average Bonchev–Trinajstić information content (AvgIpc) is 3.28. The molecule has 0 aromatic heterocycles. The van der Waals surface area contributed by atoms with Gasteiger partial charge in [0.2, 0.25) is 0 Å². The molecular formula is C61H63Br2OP. The fourth-order valence-electron chi connectivity index (χ4n) is 10.4. The first-order valence-corrected chi connectivity index (χ1v) is 26.6. The molecule has 1 aliphatic heterocycles. The van der Waals surface area contributed by atoms with Crippen molar-refractivity contribution in [3.8, 4) is 44.5 Å². The number of halogens is 2. The molecule has 0 bridgehead atoms. The van der Waals surface area contributed by atoms with Crippen LogP contribution in [0.3, 0.4) is 0 Å². The first-order valence-electron chi connectivity index (χ1n) is 23.6. The number of carbonyl (C=O) groups excluding carboxylic acids is 1. The average molecular weight is 1000 g/mol. The monoisotopic (exact) mass is 1000 g/mol. The summed E-state index contributed by atoms with van der Waals surface area (Å²) in [4.78, 5) is 14.5. The van der Waals surface area contributed by atoms with Crippen LogP contribution in [0.1, 0.15) is 148 Å². The third-order valence-corrected chi connectivity index (χ3v) is 18.4. The van der Waals surface area contributed by atoms with Crippen molar-refractivity contribution in [3.63, 3.8) is 0 Å². The van der Waals surface area contributed by atoms with Gasteiger partial charge in [0.15, 0.2) is 0 Å². The molecule has 7 aromatic carbocycles. The lowest BCUT2D eigenvalue weighted by atomic mass is 9.79. The highest BCUT2D eigenvalue weighted by molar-refractivity contribution is 9.10. The van der Waals surface area contributed by atoms with Crippen LogP contribution < -0.4 is 5.30 Å². The lowest BCUT2D eigenvalue weighted by Gasteiger charge is -2.42. The number of carbonyl (C=O) groups is 1. The molecule has 0 aliphatic carbocycles. The number of ketones is 1. The van der Waals surface area contributed by atoms with Gasteiger partial charge in [-0.05, 0) is 144 Å². The number of rotatable bonds is 11. The highest BCUT2D eigenvalue weighted by Crippen LogP contribution is 2.69. The van der Waals surface area contributed by atoms with E-state index in [1.807, 2.05) is 0 Å². The van der Waals surface area contributed by atoms with Gasteiger partial charge >= 0.3 is 0 Å². The standard InChI is InChI=1S/C61H63Br2OP/c1-36(2)51-30-42(45-22-13-11-20-40(45)9)31-52(37(3)4)59(51)49-26-19-27-50(60-53(38(5)6)32-43(33-54(60)39(7)8)46-23-14-12-21-41(46)10)61(49)65-57(47-24-15-17-28-55(47)62)34-44(64)35-58(65)48-25-16-18-29-56(48)63/h11-33,36-39,57-58H,34-35H2,1-10H3. The lowest BCUT2D eigenvalue weighted by molar-refractivity contribution is -0.119. The van der Waals surface area contributed by atoms with Gasteiger partial charge in [-0.25, -0.2) is 0 Å². The number of aryl methyl sites for hydroxylation is 2. The second-order valence-corrected chi connectivity index (χ2v) is 23.7. The van der Waals surface area contributed by atoms with Gasteiger partial charge in [-0.15, -0.1) is 0 Å². The second-order valence-electron chi connectivity index (χ2n) is 19.4. The van der Waals surface area contributed by atoms with E-state index in [1.165, 1.54) is 94.3 Å². The van der Waals surface area contributed by atoms with Gasteiger partial charge in [0, 0.05) is 33.1 Å². The molecule has 0 amide bonds. The van der Waals surface area contributed by atoms with Gasteiger partial charge in [0.1, 0.15) is 5.78 Å². The van der Waals surface area contributed by atoms with E-state index < -0.39 is 7.92 Å². The normalized spacial score (nSPS) is 16.6.